The van der Waals surface area contributed by atoms with Gasteiger partial charge in [0.05, 0.1) is 0 Å². The maximum Gasteiger partial charge on any atom is 0.00649 e. The van der Waals surface area contributed by atoms with E-state index in [0.717, 1.165) is 5.92 Å². The summed E-state index contributed by atoms with van der Waals surface area (Å²) in [6.45, 7) is 4.84. The van der Waals surface area contributed by atoms with E-state index in [9.17, 15) is 0 Å². The van der Waals surface area contributed by atoms with Crippen LogP contribution in [0.1, 0.15) is 19.8 Å². The summed E-state index contributed by atoms with van der Waals surface area (Å²) < 4.78 is 0. The van der Waals surface area contributed by atoms with Crippen molar-refractivity contribution >= 4 is 0 Å². The van der Waals surface area contributed by atoms with E-state index in [1.165, 1.54) is 25.9 Å². The van der Waals surface area contributed by atoms with Crippen molar-refractivity contribution in [2.75, 3.05) is 27.2 Å². The van der Waals surface area contributed by atoms with Crippen molar-refractivity contribution in [2.45, 2.75) is 25.8 Å². The fourth-order valence-electron chi connectivity index (χ4n) is 1.76. The molecule has 1 atom stereocenters. The summed E-state index contributed by atoms with van der Waals surface area (Å²) in [5, 5.41) is 3.33. The van der Waals surface area contributed by atoms with Gasteiger partial charge < -0.3 is 10.2 Å². The lowest BCUT2D eigenvalue weighted by Crippen LogP contribution is -2.39. The van der Waals surface area contributed by atoms with E-state index in [-0.39, 0.29) is 0 Å². The van der Waals surface area contributed by atoms with Gasteiger partial charge in [-0.05, 0) is 52.9 Å². The Morgan fingerprint density at radius 3 is 2.36 bits per heavy atom. The maximum atomic E-state index is 3.33. The summed E-state index contributed by atoms with van der Waals surface area (Å²) in [6.07, 6.45) is 2.72. The van der Waals surface area contributed by atoms with Crippen molar-refractivity contribution in [2.24, 2.45) is 5.92 Å². The lowest BCUT2D eigenvalue weighted by Gasteiger charge is -2.32. The summed E-state index contributed by atoms with van der Waals surface area (Å²) in [6, 6.07) is 0.698. The molecule has 1 rings (SSSR count). The third kappa shape index (κ3) is 2.46. The van der Waals surface area contributed by atoms with Crippen molar-refractivity contribution in [3.05, 3.63) is 0 Å². The first kappa shape index (κ1) is 9.01. The number of rotatable bonds is 2. The second-order valence-electron chi connectivity index (χ2n) is 3.72. The van der Waals surface area contributed by atoms with E-state index in [1.54, 1.807) is 0 Å². The van der Waals surface area contributed by atoms with Crippen LogP contribution in [0.5, 0.6) is 0 Å². The monoisotopic (exact) mass is 156 g/mol. The maximum absolute atomic E-state index is 3.33. The average molecular weight is 156 g/mol. The molecule has 2 heteroatoms. The zero-order valence-corrected chi connectivity index (χ0v) is 7.93. The van der Waals surface area contributed by atoms with Crippen LogP contribution in [-0.4, -0.2) is 38.1 Å². The van der Waals surface area contributed by atoms with Crippen LogP contribution in [-0.2, 0) is 0 Å². The largest absolute Gasteiger partial charge is 0.317 e. The Morgan fingerprint density at radius 1 is 1.36 bits per heavy atom. The Hall–Kier alpha value is -0.0800. The highest BCUT2D eigenvalue weighted by atomic mass is 15.1. The lowest BCUT2D eigenvalue weighted by molar-refractivity contribution is 0.193. The molecular formula is C9H20N2. The molecular weight excluding hydrogens is 136 g/mol. The molecule has 0 aromatic rings. The molecule has 0 spiro atoms. The molecule has 11 heavy (non-hydrogen) atoms. The van der Waals surface area contributed by atoms with E-state index in [4.69, 9.17) is 0 Å². The van der Waals surface area contributed by atoms with Gasteiger partial charge in [-0.25, -0.2) is 0 Å². The first-order chi connectivity index (χ1) is 5.24. The topological polar surface area (TPSA) is 15.3 Å². The van der Waals surface area contributed by atoms with Gasteiger partial charge in [-0.15, -0.1) is 0 Å². The van der Waals surface area contributed by atoms with Crippen molar-refractivity contribution < 1.29 is 0 Å². The van der Waals surface area contributed by atoms with Crippen LogP contribution in [0.3, 0.4) is 0 Å². The van der Waals surface area contributed by atoms with E-state index in [0.29, 0.717) is 6.04 Å². The zero-order valence-electron chi connectivity index (χ0n) is 7.93. The predicted molar refractivity (Wildman–Crippen MR) is 48.7 cm³/mol. The summed E-state index contributed by atoms with van der Waals surface area (Å²) in [5.74, 6) is 0.899. The molecule has 1 aliphatic heterocycles. The van der Waals surface area contributed by atoms with Crippen molar-refractivity contribution in [3.63, 3.8) is 0 Å². The highest BCUT2D eigenvalue weighted by molar-refractivity contribution is 4.76. The Kier molecular flexibility index (Phi) is 3.34. The van der Waals surface area contributed by atoms with E-state index in [1.807, 2.05) is 0 Å². The highest BCUT2D eigenvalue weighted by Gasteiger charge is 2.20. The number of nitrogens with zero attached hydrogens (tertiary/aromatic N) is 1. The lowest BCUT2D eigenvalue weighted by atomic mass is 9.91. The number of hydrogen-bond donors (Lipinski definition) is 1. The molecule has 0 amide bonds. The number of nitrogens with one attached hydrogen (secondary N) is 1. The molecule has 0 aromatic carbocycles. The molecule has 1 heterocycles. The Labute approximate surface area is 70.0 Å². The normalized spacial score (nSPS) is 25.4. The first-order valence-corrected chi connectivity index (χ1v) is 4.60. The summed E-state index contributed by atoms with van der Waals surface area (Å²) >= 11 is 0. The van der Waals surface area contributed by atoms with Gasteiger partial charge in [0.1, 0.15) is 0 Å². The molecule has 1 aliphatic rings. The zero-order chi connectivity index (χ0) is 8.27. The second-order valence-corrected chi connectivity index (χ2v) is 3.72. The van der Waals surface area contributed by atoms with Gasteiger partial charge in [0, 0.05) is 6.04 Å². The molecule has 0 aromatic heterocycles. The molecule has 0 aliphatic carbocycles. The van der Waals surface area contributed by atoms with Crippen LogP contribution in [0.15, 0.2) is 0 Å². The minimum absolute atomic E-state index is 0.698. The number of hydrogen-bond acceptors (Lipinski definition) is 2. The van der Waals surface area contributed by atoms with Gasteiger partial charge in [0.25, 0.3) is 0 Å². The molecule has 0 radical (unpaired) electrons. The molecule has 0 saturated carbocycles. The van der Waals surface area contributed by atoms with Crippen LogP contribution in [0.25, 0.3) is 0 Å². The minimum atomic E-state index is 0.698. The van der Waals surface area contributed by atoms with Crippen molar-refractivity contribution in [1.82, 2.24) is 10.2 Å². The van der Waals surface area contributed by atoms with Gasteiger partial charge in [-0.3, -0.25) is 0 Å². The minimum Gasteiger partial charge on any atom is -0.317 e. The molecule has 1 unspecified atom stereocenters. The molecule has 1 fully saturated rings. The Morgan fingerprint density at radius 2 is 1.91 bits per heavy atom. The third-order valence-corrected chi connectivity index (χ3v) is 2.93. The Balaban J connectivity index is 2.27. The summed E-state index contributed by atoms with van der Waals surface area (Å²) in [5.41, 5.74) is 0. The Bertz CT molecular complexity index is 106. The molecule has 2 nitrogen and oxygen atoms in total. The average Bonchev–Trinajstić information content (AvgIpc) is 2.05. The third-order valence-electron chi connectivity index (χ3n) is 2.93. The van der Waals surface area contributed by atoms with Gasteiger partial charge >= 0.3 is 0 Å². The van der Waals surface area contributed by atoms with E-state index < -0.39 is 0 Å². The van der Waals surface area contributed by atoms with Crippen LogP contribution >= 0.6 is 0 Å². The fraction of sp³-hybridized carbons (Fsp3) is 1.00. The fourth-order valence-corrected chi connectivity index (χ4v) is 1.76. The summed E-state index contributed by atoms with van der Waals surface area (Å²) in [4.78, 5) is 2.42. The van der Waals surface area contributed by atoms with Gasteiger partial charge in [-0.1, -0.05) is 0 Å². The molecule has 0 bridgehead atoms. The van der Waals surface area contributed by atoms with Crippen LogP contribution in [0, 0.1) is 5.92 Å². The smallest absolute Gasteiger partial charge is 0.00649 e. The van der Waals surface area contributed by atoms with E-state index in [2.05, 4.69) is 31.2 Å². The van der Waals surface area contributed by atoms with Crippen LogP contribution in [0.4, 0.5) is 0 Å². The van der Waals surface area contributed by atoms with E-state index >= 15 is 0 Å². The molecule has 1 N–H and O–H groups in total. The number of likely N-dealkylation sites (tertiary alicyclic amines) is 1. The highest BCUT2D eigenvalue weighted by Crippen LogP contribution is 2.18. The van der Waals surface area contributed by atoms with Crippen molar-refractivity contribution in [3.8, 4) is 0 Å². The van der Waals surface area contributed by atoms with Gasteiger partial charge in [0.2, 0.25) is 0 Å². The first-order valence-electron chi connectivity index (χ1n) is 4.60. The second kappa shape index (κ2) is 4.07. The summed E-state index contributed by atoms with van der Waals surface area (Å²) in [7, 11) is 4.27. The standard InChI is InChI=1S/C9H20N2/c1-8(10-2)9-4-6-11(3)7-5-9/h8-10H,4-7H2,1-3H3. The number of piperidine rings is 1. The molecule has 1 saturated heterocycles. The van der Waals surface area contributed by atoms with Crippen LogP contribution in [0.2, 0.25) is 0 Å². The van der Waals surface area contributed by atoms with Gasteiger partial charge in [0.15, 0.2) is 0 Å². The van der Waals surface area contributed by atoms with Crippen molar-refractivity contribution in [1.29, 1.82) is 0 Å². The molecule has 66 valence electrons. The SMILES string of the molecule is CNC(C)C1CCN(C)CC1. The quantitative estimate of drug-likeness (QED) is 0.640. The van der Waals surface area contributed by atoms with Crippen LogP contribution < -0.4 is 5.32 Å². The van der Waals surface area contributed by atoms with Gasteiger partial charge in [-0.2, -0.15) is 0 Å². The predicted octanol–water partition coefficient (Wildman–Crippen LogP) is 0.936.